The third-order valence-corrected chi connectivity index (χ3v) is 3.87. The summed E-state index contributed by atoms with van der Waals surface area (Å²) in [6, 6.07) is 6.77. The molecule has 1 aromatic rings. The fraction of sp³-hybridized carbons (Fsp3) is 0.600. The monoisotopic (exact) mass is 248 g/mol. The number of nitrogens with zero attached hydrogens (tertiary/aromatic N) is 1. The number of nitrogens with two attached hydrogens (primary N) is 1. The van der Waals surface area contributed by atoms with E-state index in [0.717, 1.165) is 25.3 Å². The summed E-state index contributed by atoms with van der Waals surface area (Å²) in [6.45, 7) is 5.14. The zero-order chi connectivity index (χ0) is 13.0. The van der Waals surface area contributed by atoms with Gasteiger partial charge in [-0.3, -0.25) is 4.90 Å². The SMILES string of the molecule is CCc1ccc(OC)c(C(CN)N2CCCC2)c1. The molecule has 0 spiro atoms. The van der Waals surface area contributed by atoms with E-state index in [9.17, 15) is 0 Å². The molecule has 18 heavy (non-hydrogen) atoms. The van der Waals surface area contributed by atoms with Crippen LogP contribution in [0.2, 0.25) is 0 Å². The third kappa shape index (κ3) is 2.68. The van der Waals surface area contributed by atoms with Gasteiger partial charge in [0.1, 0.15) is 5.75 Å². The van der Waals surface area contributed by atoms with Crippen LogP contribution in [-0.4, -0.2) is 31.6 Å². The van der Waals surface area contributed by atoms with Crippen LogP contribution in [0.3, 0.4) is 0 Å². The molecule has 100 valence electrons. The van der Waals surface area contributed by atoms with E-state index in [1.807, 2.05) is 0 Å². The maximum atomic E-state index is 6.00. The summed E-state index contributed by atoms with van der Waals surface area (Å²) in [6.07, 6.45) is 3.62. The Bertz CT molecular complexity index is 386. The second-order valence-electron chi connectivity index (χ2n) is 4.92. The Labute approximate surface area is 110 Å². The van der Waals surface area contributed by atoms with E-state index in [4.69, 9.17) is 10.5 Å². The molecule has 0 aliphatic carbocycles. The van der Waals surface area contributed by atoms with Crippen molar-refractivity contribution in [3.63, 3.8) is 0 Å². The lowest BCUT2D eigenvalue weighted by atomic mass is 10.0. The molecule has 1 aliphatic heterocycles. The minimum absolute atomic E-state index is 0.300. The number of hydrogen-bond donors (Lipinski definition) is 1. The van der Waals surface area contributed by atoms with E-state index < -0.39 is 0 Å². The first-order valence-corrected chi connectivity index (χ1v) is 6.91. The maximum Gasteiger partial charge on any atom is 0.123 e. The first kappa shape index (κ1) is 13.4. The van der Waals surface area contributed by atoms with Crippen molar-refractivity contribution in [2.75, 3.05) is 26.7 Å². The third-order valence-electron chi connectivity index (χ3n) is 3.87. The smallest absolute Gasteiger partial charge is 0.123 e. The first-order chi connectivity index (χ1) is 8.80. The van der Waals surface area contributed by atoms with Gasteiger partial charge in [-0.2, -0.15) is 0 Å². The lowest BCUT2D eigenvalue weighted by Gasteiger charge is -2.28. The molecule has 1 heterocycles. The molecule has 1 atom stereocenters. The van der Waals surface area contributed by atoms with Crippen LogP contribution in [0.25, 0.3) is 0 Å². The van der Waals surface area contributed by atoms with Gasteiger partial charge in [0.05, 0.1) is 13.2 Å². The van der Waals surface area contributed by atoms with Crippen molar-refractivity contribution in [2.24, 2.45) is 5.73 Å². The van der Waals surface area contributed by atoms with Crippen LogP contribution in [0, 0.1) is 0 Å². The standard InChI is InChI=1S/C15H24N2O/c1-3-12-6-7-15(18-2)13(10-12)14(11-16)17-8-4-5-9-17/h6-7,10,14H,3-5,8-9,11,16H2,1-2H3. The molecule has 0 saturated carbocycles. The predicted molar refractivity (Wildman–Crippen MR) is 75.0 cm³/mol. The maximum absolute atomic E-state index is 6.00. The van der Waals surface area contributed by atoms with Gasteiger partial charge in [0.25, 0.3) is 0 Å². The summed E-state index contributed by atoms with van der Waals surface area (Å²) >= 11 is 0. The molecular weight excluding hydrogens is 224 g/mol. The van der Waals surface area contributed by atoms with Crippen molar-refractivity contribution >= 4 is 0 Å². The Morgan fingerprint density at radius 2 is 2.06 bits per heavy atom. The Morgan fingerprint density at radius 1 is 1.33 bits per heavy atom. The van der Waals surface area contributed by atoms with Gasteiger partial charge in [-0.1, -0.05) is 19.1 Å². The fourth-order valence-electron chi connectivity index (χ4n) is 2.79. The number of rotatable bonds is 5. The molecule has 0 radical (unpaired) electrons. The second kappa shape index (κ2) is 6.21. The van der Waals surface area contributed by atoms with Crippen LogP contribution in [0.4, 0.5) is 0 Å². The molecule has 0 aromatic heterocycles. The molecular formula is C15H24N2O. The van der Waals surface area contributed by atoms with Gasteiger partial charge in [-0.05, 0) is 44.0 Å². The summed E-state index contributed by atoms with van der Waals surface area (Å²) in [5.74, 6) is 0.967. The number of methoxy groups -OCH3 is 1. The average Bonchev–Trinajstić information content (AvgIpc) is 2.93. The highest BCUT2D eigenvalue weighted by Gasteiger charge is 2.24. The Hall–Kier alpha value is -1.06. The van der Waals surface area contributed by atoms with Crippen molar-refractivity contribution in [3.05, 3.63) is 29.3 Å². The lowest BCUT2D eigenvalue weighted by Crippen LogP contribution is -2.31. The summed E-state index contributed by atoms with van der Waals surface area (Å²) in [4.78, 5) is 2.48. The zero-order valence-corrected chi connectivity index (χ0v) is 11.5. The molecule has 1 unspecified atom stereocenters. The number of likely N-dealkylation sites (tertiary alicyclic amines) is 1. The van der Waals surface area contributed by atoms with Crippen molar-refractivity contribution in [1.29, 1.82) is 0 Å². The van der Waals surface area contributed by atoms with E-state index in [-0.39, 0.29) is 0 Å². The van der Waals surface area contributed by atoms with Crippen LogP contribution in [0.15, 0.2) is 18.2 Å². The minimum atomic E-state index is 0.300. The van der Waals surface area contributed by atoms with Crippen LogP contribution >= 0.6 is 0 Å². The summed E-state index contributed by atoms with van der Waals surface area (Å²) in [5, 5.41) is 0. The highest BCUT2D eigenvalue weighted by Crippen LogP contribution is 2.32. The number of hydrogen-bond acceptors (Lipinski definition) is 3. The molecule has 0 bridgehead atoms. The minimum Gasteiger partial charge on any atom is -0.496 e. The Morgan fingerprint density at radius 3 is 2.61 bits per heavy atom. The first-order valence-electron chi connectivity index (χ1n) is 6.91. The molecule has 1 aliphatic rings. The topological polar surface area (TPSA) is 38.5 Å². The summed E-state index contributed by atoms with van der Waals surface area (Å²) in [5.41, 5.74) is 8.60. The molecule has 2 rings (SSSR count). The van der Waals surface area contributed by atoms with Gasteiger partial charge in [-0.25, -0.2) is 0 Å². The zero-order valence-electron chi connectivity index (χ0n) is 11.5. The Kier molecular flexibility index (Phi) is 4.61. The molecule has 0 amide bonds. The van der Waals surface area contributed by atoms with Crippen LogP contribution < -0.4 is 10.5 Å². The van der Waals surface area contributed by atoms with Crippen molar-refractivity contribution in [1.82, 2.24) is 4.90 Å². The highest BCUT2D eigenvalue weighted by molar-refractivity contribution is 5.40. The summed E-state index contributed by atoms with van der Waals surface area (Å²) in [7, 11) is 1.74. The molecule has 1 aromatic carbocycles. The number of aryl methyl sites for hydroxylation is 1. The highest BCUT2D eigenvalue weighted by atomic mass is 16.5. The van der Waals surface area contributed by atoms with Gasteiger partial charge >= 0.3 is 0 Å². The van der Waals surface area contributed by atoms with E-state index in [1.54, 1.807) is 7.11 Å². The van der Waals surface area contributed by atoms with E-state index in [2.05, 4.69) is 30.0 Å². The molecule has 3 nitrogen and oxygen atoms in total. The van der Waals surface area contributed by atoms with Crippen molar-refractivity contribution in [3.8, 4) is 5.75 Å². The van der Waals surface area contributed by atoms with Crippen molar-refractivity contribution < 1.29 is 4.74 Å². The lowest BCUT2D eigenvalue weighted by molar-refractivity contribution is 0.245. The number of benzene rings is 1. The van der Waals surface area contributed by atoms with Crippen LogP contribution in [0.1, 0.15) is 36.9 Å². The fourth-order valence-corrected chi connectivity index (χ4v) is 2.79. The van der Waals surface area contributed by atoms with E-state index in [0.29, 0.717) is 12.6 Å². The van der Waals surface area contributed by atoms with Gasteiger partial charge in [-0.15, -0.1) is 0 Å². The molecule has 2 N–H and O–H groups in total. The number of ether oxygens (including phenoxy) is 1. The van der Waals surface area contributed by atoms with Crippen LogP contribution in [-0.2, 0) is 6.42 Å². The van der Waals surface area contributed by atoms with E-state index in [1.165, 1.54) is 24.0 Å². The normalized spacial score (nSPS) is 17.9. The second-order valence-corrected chi connectivity index (χ2v) is 4.92. The van der Waals surface area contributed by atoms with Crippen LogP contribution in [0.5, 0.6) is 5.75 Å². The van der Waals surface area contributed by atoms with Gasteiger partial charge in [0.15, 0.2) is 0 Å². The molecule has 1 saturated heterocycles. The van der Waals surface area contributed by atoms with Gasteiger partial charge < -0.3 is 10.5 Å². The predicted octanol–water partition coefficient (Wildman–Crippen LogP) is 2.35. The van der Waals surface area contributed by atoms with Gasteiger partial charge in [0, 0.05) is 12.1 Å². The quantitative estimate of drug-likeness (QED) is 0.869. The van der Waals surface area contributed by atoms with E-state index >= 15 is 0 Å². The van der Waals surface area contributed by atoms with Crippen molar-refractivity contribution in [2.45, 2.75) is 32.2 Å². The molecule has 1 fully saturated rings. The molecule has 3 heteroatoms. The van der Waals surface area contributed by atoms with Gasteiger partial charge in [0.2, 0.25) is 0 Å². The Balaban J connectivity index is 2.32. The average molecular weight is 248 g/mol. The largest absolute Gasteiger partial charge is 0.496 e. The summed E-state index contributed by atoms with van der Waals surface area (Å²) < 4.78 is 5.50.